The van der Waals surface area contributed by atoms with Crippen molar-refractivity contribution >= 4 is 29.0 Å². The molecule has 3 fully saturated rings. The standard InChI is InChI=1S/C36H48Cl2O3/c1-3-5-7-25-40-31-13-9-27(10-14-31)29-17-21-34(22-18-29)33(39)35(36(34,37)38)23-19-30(20-24-35)28-11-15-32(16-12-28)41-26-8-6-4-2/h9-16,29-30H,3-8,17-26H2,1-2H3. The first-order valence-electron chi connectivity index (χ1n) is 16.2. The third-order valence-corrected chi connectivity index (χ3v) is 11.9. The van der Waals surface area contributed by atoms with Gasteiger partial charge in [0, 0.05) is 0 Å². The van der Waals surface area contributed by atoms with E-state index < -0.39 is 15.2 Å². The zero-order chi connectivity index (χ0) is 28.9. The molecule has 0 saturated heterocycles. The van der Waals surface area contributed by atoms with Gasteiger partial charge in [-0.25, -0.2) is 0 Å². The second-order valence-corrected chi connectivity index (χ2v) is 14.2. The van der Waals surface area contributed by atoms with Gasteiger partial charge < -0.3 is 9.47 Å². The molecule has 0 unspecified atom stereocenters. The number of ether oxygens (including phenoxy) is 2. The predicted octanol–water partition coefficient (Wildman–Crippen LogP) is 10.6. The minimum atomic E-state index is -0.973. The normalized spacial score (nSPS) is 28.9. The maximum absolute atomic E-state index is 14.0. The molecule has 3 saturated carbocycles. The number of carbonyl (C=O) groups excluding carboxylic acids is 1. The predicted molar refractivity (Wildman–Crippen MR) is 170 cm³/mol. The molecule has 224 valence electrons. The summed E-state index contributed by atoms with van der Waals surface area (Å²) >= 11 is 14.5. The van der Waals surface area contributed by atoms with E-state index in [2.05, 4.69) is 62.4 Å². The van der Waals surface area contributed by atoms with Crippen LogP contribution in [0.2, 0.25) is 0 Å². The lowest BCUT2D eigenvalue weighted by Crippen LogP contribution is -2.74. The number of ketones is 1. The fraction of sp³-hybridized carbons (Fsp3) is 0.639. The molecule has 0 heterocycles. The number of carbonyl (C=O) groups is 1. The molecule has 2 spiro atoms. The van der Waals surface area contributed by atoms with E-state index in [4.69, 9.17) is 32.7 Å². The summed E-state index contributed by atoms with van der Waals surface area (Å²) < 4.78 is 10.8. The Labute approximate surface area is 257 Å². The maximum Gasteiger partial charge on any atom is 0.151 e. The summed E-state index contributed by atoms with van der Waals surface area (Å²) in [6, 6.07) is 17.2. The second kappa shape index (κ2) is 13.3. The minimum Gasteiger partial charge on any atom is -0.494 e. The molecule has 2 aromatic carbocycles. The fourth-order valence-corrected chi connectivity index (χ4v) is 8.96. The van der Waals surface area contributed by atoms with Gasteiger partial charge in [-0.1, -0.05) is 87.0 Å². The lowest BCUT2D eigenvalue weighted by atomic mass is 9.42. The Hall–Kier alpha value is -1.71. The Bertz CT molecular complexity index is 1040. The highest BCUT2D eigenvalue weighted by molar-refractivity contribution is 6.55. The van der Waals surface area contributed by atoms with Gasteiger partial charge in [-0.05, 0) is 111 Å². The van der Waals surface area contributed by atoms with Crippen LogP contribution < -0.4 is 9.47 Å². The van der Waals surface area contributed by atoms with Gasteiger partial charge >= 0.3 is 0 Å². The fourth-order valence-electron chi connectivity index (χ4n) is 7.87. The SMILES string of the molecule is CCCCCOc1ccc(C2CCC3(CC2)C(=O)C2(CCC(c4ccc(OCCCCC)cc4)CC2)C3(Cl)Cl)cc1. The van der Waals surface area contributed by atoms with Crippen LogP contribution in [0.25, 0.3) is 0 Å². The third kappa shape index (κ3) is 5.92. The van der Waals surface area contributed by atoms with Gasteiger partial charge in [0.15, 0.2) is 5.78 Å². The number of benzene rings is 2. The average Bonchev–Trinajstić information content (AvgIpc) is 3.02. The van der Waals surface area contributed by atoms with E-state index in [0.29, 0.717) is 17.6 Å². The molecule has 0 atom stereocenters. The zero-order valence-electron chi connectivity index (χ0n) is 25.1. The smallest absolute Gasteiger partial charge is 0.151 e. The minimum absolute atomic E-state index is 0.346. The highest BCUT2D eigenvalue weighted by Gasteiger charge is 2.79. The van der Waals surface area contributed by atoms with E-state index in [-0.39, 0.29) is 0 Å². The van der Waals surface area contributed by atoms with Crippen molar-refractivity contribution in [2.45, 2.75) is 120 Å². The van der Waals surface area contributed by atoms with E-state index in [1.807, 2.05) is 0 Å². The lowest BCUT2D eigenvalue weighted by Gasteiger charge is -2.67. The Morgan fingerprint density at radius 2 is 1.00 bits per heavy atom. The van der Waals surface area contributed by atoms with Crippen molar-refractivity contribution in [1.82, 2.24) is 0 Å². The number of halogens is 2. The van der Waals surface area contributed by atoms with E-state index in [9.17, 15) is 4.79 Å². The summed E-state index contributed by atoms with van der Waals surface area (Å²) in [5.74, 6) is 3.11. The molecule has 5 rings (SSSR count). The molecule has 3 aliphatic carbocycles. The number of alkyl halides is 2. The highest BCUT2D eigenvalue weighted by atomic mass is 35.5. The van der Waals surface area contributed by atoms with Gasteiger partial charge in [0.25, 0.3) is 0 Å². The molecular weight excluding hydrogens is 551 g/mol. The monoisotopic (exact) mass is 598 g/mol. The highest BCUT2D eigenvalue weighted by Crippen LogP contribution is 2.75. The van der Waals surface area contributed by atoms with E-state index in [1.165, 1.54) is 36.8 Å². The third-order valence-electron chi connectivity index (χ3n) is 10.5. The summed E-state index contributed by atoms with van der Waals surface area (Å²) in [5.41, 5.74) is 1.49. The van der Waals surface area contributed by atoms with Crippen molar-refractivity contribution in [3.05, 3.63) is 59.7 Å². The van der Waals surface area contributed by atoms with Gasteiger partial charge in [-0.15, -0.1) is 0 Å². The largest absolute Gasteiger partial charge is 0.494 e. The van der Waals surface area contributed by atoms with Gasteiger partial charge in [-0.2, -0.15) is 0 Å². The molecule has 3 nitrogen and oxygen atoms in total. The molecule has 0 aromatic heterocycles. The molecule has 5 heteroatoms. The van der Waals surface area contributed by atoms with Crippen molar-refractivity contribution in [2.24, 2.45) is 10.8 Å². The first kappa shape index (κ1) is 30.7. The van der Waals surface area contributed by atoms with Crippen LogP contribution in [-0.2, 0) is 4.79 Å². The molecule has 2 aromatic rings. The first-order valence-corrected chi connectivity index (χ1v) is 17.0. The van der Waals surface area contributed by atoms with Gasteiger partial charge in [0.2, 0.25) is 0 Å². The molecule has 41 heavy (non-hydrogen) atoms. The van der Waals surface area contributed by atoms with Gasteiger partial charge in [-0.3, -0.25) is 4.79 Å². The molecular formula is C36H48Cl2O3. The number of hydrogen-bond acceptors (Lipinski definition) is 3. The quantitative estimate of drug-likeness (QED) is 0.180. The Kier molecular flexibility index (Phi) is 9.97. The van der Waals surface area contributed by atoms with Crippen LogP contribution in [0, 0.1) is 10.8 Å². The Morgan fingerprint density at radius 1 is 0.634 bits per heavy atom. The Balaban J connectivity index is 1.14. The molecule has 3 aliphatic rings. The number of rotatable bonds is 12. The summed E-state index contributed by atoms with van der Waals surface area (Å²) in [7, 11) is 0. The van der Waals surface area contributed by atoms with E-state index in [0.717, 1.165) is 88.9 Å². The lowest BCUT2D eigenvalue weighted by molar-refractivity contribution is -0.170. The summed E-state index contributed by atoms with van der Waals surface area (Å²) in [5, 5.41) is 0. The van der Waals surface area contributed by atoms with Crippen LogP contribution in [0.3, 0.4) is 0 Å². The van der Waals surface area contributed by atoms with Crippen molar-refractivity contribution in [3.63, 3.8) is 0 Å². The van der Waals surface area contributed by atoms with Crippen molar-refractivity contribution in [3.8, 4) is 11.5 Å². The first-order chi connectivity index (χ1) is 19.9. The van der Waals surface area contributed by atoms with E-state index >= 15 is 0 Å². The number of hydrogen-bond donors (Lipinski definition) is 0. The van der Waals surface area contributed by atoms with Crippen LogP contribution in [0.1, 0.15) is 127 Å². The zero-order valence-corrected chi connectivity index (χ0v) is 26.6. The molecule has 0 bridgehead atoms. The van der Waals surface area contributed by atoms with Gasteiger partial charge in [0.05, 0.1) is 24.0 Å². The van der Waals surface area contributed by atoms with Crippen molar-refractivity contribution in [2.75, 3.05) is 13.2 Å². The molecule has 0 aliphatic heterocycles. The number of Topliss-reactive ketones (excluding diaryl/α,β-unsaturated/α-hetero) is 1. The van der Waals surface area contributed by atoms with E-state index in [1.54, 1.807) is 0 Å². The van der Waals surface area contributed by atoms with Crippen LogP contribution in [0.5, 0.6) is 11.5 Å². The molecule has 0 amide bonds. The summed E-state index contributed by atoms with van der Waals surface area (Å²) in [4.78, 5) is 14.0. The molecule has 0 radical (unpaired) electrons. The topological polar surface area (TPSA) is 35.5 Å². The van der Waals surface area contributed by atoms with Crippen molar-refractivity contribution in [1.29, 1.82) is 0 Å². The Morgan fingerprint density at radius 3 is 1.32 bits per heavy atom. The van der Waals surface area contributed by atoms with Crippen LogP contribution in [-0.4, -0.2) is 23.3 Å². The van der Waals surface area contributed by atoms with Crippen LogP contribution in [0.4, 0.5) is 0 Å². The van der Waals surface area contributed by atoms with Crippen LogP contribution in [0.15, 0.2) is 48.5 Å². The van der Waals surface area contributed by atoms with Crippen molar-refractivity contribution < 1.29 is 14.3 Å². The molecule has 0 N–H and O–H groups in total. The second-order valence-electron chi connectivity index (χ2n) is 12.9. The number of unbranched alkanes of at least 4 members (excludes halogenated alkanes) is 4. The average molecular weight is 600 g/mol. The summed E-state index contributed by atoms with van der Waals surface area (Å²) in [6.45, 7) is 5.96. The maximum atomic E-state index is 14.0. The van der Waals surface area contributed by atoms with Crippen LogP contribution >= 0.6 is 23.2 Å². The summed E-state index contributed by atoms with van der Waals surface area (Å²) in [6.07, 6.45) is 13.9. The van der Waals surface area contributed by atoms with Gasteiger partial charge in [0.1, 0.15) is 15.8 Å².